The van der Waals surface area contributed by atoms with Crippen LogP contribution in [0.4, 0.5) is 0 Å². The maximum atomic E-state index is 11.5. The highest BCUT2D eigenvalue weighted by Crippen LogP contribution is 2.33. The molecule has 0 spiro atoms. The molecule has 0 fully saturated rings. The fourth-order valence-electron chi connectivity index (χ4n) is 1.60. The molecule has 84 valence electrons. The highest BCUT2D eigenvalue weighted by molar-refractivity contribution is 7.20. The van der Waals surface area contributed by atoms with E-state index in [4.69, 9.17) is 4.74 Å². The van der Waals surface area contributed by atoms with Gasteiger partial charge in [-0.05, 0) is 23.6 Å². The van der Waals surface area contributed by atoms with Crippen molar-refractivity contribution < 1.29 is 4.74 Å². The lowest BCUT2D eigenvalue weighted by Crippen LogP contribution is -2.06. The zero-order valence-electron chi connectivity index (χ0n) is 8.84. The molecular formula is C13H9NO2S. The first-order chi connectivity index (χ1) is 8.33. The van der Waals surface area contributed by atoms with Crippen LogP contribution in [0.1, 0.15) is 0 Å². The number of pyridine rings is 1. The van der Waals surface area contributed by atoms with Gasteiger partial charge in [0.2, 0.25) is 0 Å². The summed E-state index contributed by atoms with van der Waals surface area (Å²) in [5.74, 6) is 0.319. The first kappa shape index (κ1) is 10.1. The van der Waals surface area contributed by atoms with Crippen LogP contribution in [0.15, 0.2) is 53.5 Å². The molecule has 0 saturated heterocycles. The Morgan fingerprint density at radius 2 is 2.00 bits per heavy atom. The summed E-state index contributed by atoms with van der Waals surface area (Å²) < 4.78 is 6.72. The Hall–Kier alpha value is -2.07. The lowest BCUT2D eigenvalue weighted by Gasteiger charge is -1.99. The summed E-state index contributed by atoms with van der Waals surface area (Å²) in [4.78, 5) is 14.0. The zero-order valence-corrected chi connectivity index (χ0v) is 9.66. The van der Waals surface area contributed by atoms with E-state index < -0.39 is 0 Å². The number of nitrogens with one attached hydrogen (secondary N) is 1. The minimum Gasteiger partial charge on any atom is -0.441 e. The predicted octanol–water partition coefficient (Wildman–Crippen LogP) is 3.38. The number of rotatable bonds is 2. The van der Waals surface area contributed by atoms with Crippen molar-refractivity contribution in [3.8, 4) is 10.8 Å². The van der Waals surface area contributed by atoms with Gasteiger partial charge < -0.3 is 9.72 Å². The van der Waals surface area contributed by atoms with Gasteiger partial charge in [0.25, 0.3) is 5.56 Å². The van der Waals surface area contributed by atoms with Gasteiger partial charge in [-0.3, -0.25) is 4.79 Å². The second-order valence-electron chi connectivity index (χ2n) is 3.57. The topological polar surface area (TPSA) is 42.1 Å². The Balaban J connectivity index is 2.00. The molecule has 2 aromatic heterocycles. The van der Waals surface area contributed by atoms with Crippen molar-refractivity contribution in [2.75, 3.05) is 0 Å². The van der Waals surface area contributed by atoms with Crippen molar-refractivity contribution in [1.82, 2.24) is 4.98 Å². The van der Waals surface area contributed by atoms with E-state index in [1.165, 1.54) is 11.3 Å². The van der Waals surface area contributed by atoms with Gasteiger partial charge in [0.1, 0.15) is 0 Å². The van der Waals surface area contributed by atoms with Gasteiger partial charge in [0, 0.05) is 17.0 Å². The molecule has 0 aliphatic heterocycles. The summed E-state index contributed by atoms with van der Waals surface area (Å²) in [6, 6.07) is 13.3. The molecule has 1 aromatic carbocycles. The molecule has 17 heavy (non-hydrogen) atoms. The number of benzene rings is 1. The van der Waals surface area contributed by atoms with Crippen LogP contribution in [0.2, 0.25) is 0 Å². The molecule has 0 aliphatic carbocycles. The molecule has 1 N–H and O–H groups in total. The summed E-state index contributed by atoms with van der Waals surface area (Å²) in [6.45, 7) is 0. The van der Waals surface area contributed by atoms with Crippen molar-refractivity contribution >= 4 is 21.4 Å². The average Bonchev–Trinajstić information content (AvgIpc) is 2.74. The summed E-state index contributed by atoms with van der Waals surface area (Å²) >= 11 is 1.53. The van der Waals surface area contributed by atoms with Crippen LogP contribution in [0.3, 0.4) is 0 Å². The van der Waals surface area contributed by atoms with Crippen LogP contribution < -0.4 is 10.3 Å². The van der Waals surface area contributed by atoms with Gasteiger partial charge in [-0.15, -0.1) is 0 Å². The SMILES string of the molecule is O=c1[nH]cccc1Oc1cc2ccccc2s1. The molecule has 0 atom stereocenters. The fourth-order valence-corrected chi connectivity index (χ4v) is 2.53. The molecule has 0 unspecified atom stereocenters. The Labute approximate surface area is 101 Å². The van der Waals surface area contributed by atoms with E-state index in [0.717, 1.165) is 15.1 Å². The smallest absolute Gasteiger partial charge is 0.290 e. The maximum Gasteiger partial charge on any atom is 0.290 e. The highest BCUT2D eigenvalue weighted by atomic mass is 32.1. The second kappa shape index (κ2) is 4.07. The Kier molecular flexibility index (Phi) is 2.42. The monoisotopic (exact) mass is 243 g/mol. The predicted molar refractivity (Wildman–Crippen MR) is 69.0 cm³/mol. The summed E-state index contributed by atoms with van der Waals surface area (Å²) in [5, 5.41) is 1.85. The van der Waals surface area contributed by atoms with Crippen molar-refractivity contribution in [2.45, 2.75) is 0 Å². The number of thiophene rings is 1. The van der Waals surface area contributed by atoms with Crippen LogP contribution in [0.25, 0.3) is 10.1 Å². The third-order valence-electron chi connectivity index (χ3n) is 2.40. The number of ether oxygens (including phenoxy) is 1. The van der Waals surface area contributed by atoms with Crippen LogP contribution in [0, 0.1) is 0 Å². The first-order valence-electron chi connectivity index (χ1n) is 5.17. The minimum absolute atomic E-state index is 0.218. The Morgan fingerprint density at radius 3 is 2.82 bits per heavy atom. The summed E-state index contributed by atoms with van der Waals surface area (Å²) in [5.41, 5.74) is -0.218. The van der Waals surface area contributed by atoms with E-state index in [1.807, 2.05) is 30.3 Å². The molecule has 0 aliphatic rings. The van der Waals surface area contributed by atoms with Crippen molar-refractivity contribution in [1.29, 1.82) is 0 Å². The number of aromatic nitrogens is 1. The van der Waals surface area contributed by atoms with Crippen molar-refractivity contribution in [2.24, 2.45) is 0 Å². The van der Waals surface area contributed by atoms with Crippen LogP contribution in [-0.4, -0.2) is 4.98 Å². The summed E-state index contributed by atoms with van der Waals surface area (Å²) in [6.07, 6.45) is 1.58. The minimum atomic E-state index is -0.218. The van der Waals surface area contributed by atoms with Gasteiger partial charge >= 0.3 is 0 Å². The lowest BCUT2D eigenvalue weighted by molar-refractivity contribution is 0.489. The van der Waals surface area contributed by atoms with E-state index in [0.29, 0.717) is 5.75 Å². The molecule has 0 radical (unpaired) electrons. The molecule has 0 bridgehead atoms. The zero-order chi connectivity index (χ0) is 11.7. The molecule has 3 nitrogen and oxygen atoms in total. The van der Waals surface area contributed by atoms with Gasteiger partial charge in [-0.25, -0.2) is 0 Å². The third-order valence-corrected chi connectivity index (χ3v) is 3.39. The van der Waals surface area contributed by atoms with E-state index in [1.54, 1.807) is 18.3 Å². The number of H-pyrrole nitrogens is 1. The van der Waals surface area contributed by atoms with E-state index in [2.05, 4.69) is 4.98 Å². The number of aromatic amines is 1. The fraction of sp³-hybridized carbons (Fsp3) is 0. The second-order valence-corrected chi connectivity index (χ2v) is 4.62. The van der Waals surface area contributed by atoms with Gasteiger partial charge in [-0.1, -0.05) is 29.5 Å². The largest absolute Gasteiger partial charge is 0.441 e. The first-order valence-corrected chi connectivity index (χ1v) is 5.99. The number of hydrogen-bond acceptors (Lipinski definition) is 3. The number of hydrogen-bond donors (Lipinski definition) is 1. The van der Waals surface area contributed by atoms with Crippen molar-refractivity contribution in [3.63, 3.8) is 0 Å². The van der Waals surface area contributed by atoms with E-state index >= 15 is 0 Å². The Bertz CT molecular complexity index is 681. The molecule has 3 rings (SSSR count). The number of fused-ring (bicyclic) bond motifs is 1. The van der Waals surface area contributed by atoms with Crippen LogP contribution >= 0.6 is 11.3 Å². The van der Waals surface area contributed by atoms with E-state index in [9.17, 15) is 4.79 Å². The molecule has 4 heteroatoms. The molecule has 0 saturated carbocycles. The van der Waals surface area contributed by atoms with E-state index in [-0.39, 0.29) is 5.56 Å². The average molecular weight is 243 g/mol. The van der Waals surface area contributed by atoms with Gasteiger partial charge in [0.15, 0.2) is 10.8 Å². The Morgan fingerprint density at radius 1 is 1.12 bits per heavy atom. The lowest BCUT2D eigenvalue weighted by atomic mass is 10.3. The standard InChI is InChI=1S/C13H9NO2S/c15-13-10(5-3-7-14-13)16-12-8-9-4-1-2-6-11(9)17-12/h1-8H,(H,14,15). The van der Waals surface area contributed by atoms with Crippen LogP contribution in [0.5, 0.6) is 10.8 Å². The third kappa shape index (κ3) is 1.94. The summed E-state index contributed by atoms with van der Waals surface area (Å²) in [7, 11) is 0. The molecular weight excluding hydrogens is 234 g/mol. The van der Waals surface area contributed by atoms with Crippen LogP contribution in [-0.2, 0) is 0 Å². The van der Waals surface area contributed by atoms with Crippen molar-refractivity contribution in [3.05, 3.63) is 59.0 Å². The molecule has 3 aromatic rings. The normalized spacial score (nSPS) is 10.6. The van der Waals surface area contributed by atoms with Gasteiger partial charge in [-0.2, -0.15) is 0 Å². The van der Waals surface area contributed by atoms with Gasteiger partial charge in [0.05, 0.1) is 0 Å². The highest BCUT2D eigenvalue weighted by Gasteiger charge is 2.05. The molecule has 2 heterocycles. The molecule has 0 amide bonds. The maximum absolute atomic E-state index is 11.5. The quantitative estimate of drug-likeness (QED) is 0.749.